The van der Waals surface area contributed by atoms with Gasteiger partial charge < -0.3 is 14.6 Å². The van der Waals surface area contributed by atoms with E-state index in [1.54, 1.807) is 13.8 Å². The van der Waals surface area contributed by atoms with Gasteiger partial charge in [0.05, 0.1) is 6.61 Å². The van der Waals surface area contributed by atoms with Crippen molar-refractivity contribution in [2.24, 2.45) is 0 Å². The number of hydrogen-bond acceptors (Lipinski definition) is 5. The minimum Gasteiger partial charge on any atom is -0.466 e. The first-order valence-electron chi connectivity index (χ1n) is 5.01. The highest BCUT2D eigenvalue weighted by molar-refractivity contribution is 5.73. The summed E-state index contributed by atoms with van der Waals surface area (Å²) in [7, 11) is 0. The maximum atomic E-state index is 10.9. The molecule has 0 amide bonds. The highest BCUT2D eigenvalue weighted by Gasteiger charge is 2.14. The second-order valence-electron chi connectivity index (χ2n) is 3.29. The summed E-state index contributed by atoms with van der Waals surface area (Å²) in [6.45, 7) is 4.95. The first-order valence-corrected chi connectivity index (χ1v) is 5.01. The third-order valence-electron chi connectivity index (χ3n) is 1.73. The molecule has 5 nitrogen and oxygen atoms in total. The van der Waals surface area contributed by atoms with Crippen molar-refractivity contribution in [3.8, 4) is 0 Å². The number of hydrogen-bond donors (Lipinski definition) is 1. The fraction of sp³-hybridized carbons (Fsp3) is 0.800. The molecule has 2 atom stereocenters. The molecule has 0 aliphatic rings. The molecule has 0 radical (unpaired) electrons. The van der Waals surface area contributed by atoms with E-state index in [2.05, 4.69) is 0 Å². The van der Waals surface area contributed by atoms with Gasteiger partial charge in [-0.3, -0.25) is 4.79 Å². The van der Waals surface area contributed by atoms with Crippen LogP contribution in [0.3, 0.4) is 0 Å². The predicted molar refractivity (Wildman–Crippen MR) is 53.1 cm³/mol. The lowest BCUT2D eigenvalue weighted by Crippen LogP contribution is -2.25. The van der Waals surface area contributed by atoms with Gasteiger partial charge in [-0.1, -0.05) is 6.92 Å². The highest BCUT2D eigenvalue weighted by Crippen LogP contribution is 2.01. The van der Waals surface area contributed by atoms with Crippen LogP contribution in [-0.4, -0.2) is 35.9 Å². The molecule has 0 rings (SSSR count). The number of carbonyl (C=O) groups excluding carboxylic acids is 2. The number of rotatable bonds is 6. The zero-order valence-electron chi connectivity index (χ0n) is 9.36. The monoisotopic (exact) mass is 218 g/mol. The van der Waals surface area contributed by atoms with Crippen LogP contribution in [0.25, 0.3) is 0 Å². The second kappa shape index (κ2) is 7.23. The lowest BCUT2D eigenvalue weighted by atomic mass is 10.3. The van der Waals surface area contributed by atoms with Crippen LogP contribution in [0.5, 0.6) is 0 Å². The lowest BCUT2D eigenvalue weighted by molar-refractivity contribution is -0.158. The average molecular weight is 218 g/mol. The van der Waals surface area contributed by atoms with Crippen LogP contribution in [0.4, 0.5) is 0 Å². The van der Waals surface area contributed by atoms with Gasteiger partial charge in [0.15, 0.2) is 0 Å². The molecule has 0 spiro atoms. The van der Waals surface area contributed by atoms with Gasteiger partial charge in [-0.15, -0.1) is 0 Å². The predicted octanol–water partition coefficient (Wildman–Crippen LogP) is 0.642. The van der Waals surface area contributed by atoms with Gasteiger partial charge in [-0.05, 0) is 13.8 Å². The van der Waals surface area contributed by atoms with E-state index in [1.165, 1.54) is 6.92 Å². The van der Waals surface area contributed by atoms with Gasteiger partial charge in [-0.2, -0.15) is 0 Å². The van der Waals surface area contributed by atoms with E-state index < -0.39 is 12.1 Å². The topological polar surface area (TPSA) is 72.8 Å². The minimum atomic E-state index is -1.12. The molecule has 88 valence electrons. The maximum absolute atomic E-state index is 10.9. The molecule has 2 unspecified atom stereocenters. The van der Waals surface area contributed by atoms with Gasteiger partial charge in [-0.25, -0.2) is 4.79 Å². The fourth-order valence-electron chi connectivity index (χ4n) is 0.796. The van der Waals surface area contributed by atoms with Gasteiger partial charge in [0.2, 0.25) is 0 Å². The van der Waals surface area contributed by atoms with Gasteiger partial charge >= 0.3 is 11.9 Å². The first-order chi connectivity index (χ1) is 6.97. The number of carbonyl (C=O) groups is 2. The Bertz CT molecular complexity index is 212. The molecule has 0 saturated carbocycles. The molecule has 0 aliphatic carbocycles. The SMILES string of the molecule is CCC(=O)OCCC(C)OC(=O)C(C)O. The molecular formula is C10H18O5. The number of esters is 2. The molecule has 0 aliphatic heterocycles. The standard InChI is InChI=1S/C10H18O5/c1-4-9(12)14-6-5-7(2)15-10(13)8(3)11/h7-8,11H,4-6H2,1-3H3. The van der Waals surface area contributed by atoms with Crippen LogP contribution in [0.1, 0.15) is 33.6 Å². The van der Waals surface area contributed by atoms with Crippen LogP contribution in [0, 0.1) is 0 Å². The van der Waals surface area contributed by atoms with E-state index in [9.17, 15) is 9.59 Å². The van der Waals surface area contributed by atoms with Gasteiger partial charge in [0.25, 0.3) is 0 Å². The van der Waals surface area contributed by atoms with Crippen LogP contribution in [0.15, 0.2) is 0 Å². The molecule has 0 heterocycles. The van der Waals surface area contributed by atoms with Crippen molar-refractivity contribution in [1.82, 2.24) is 0 Å². The van der Waals surface area contributed by atoms with E-state index >= 15 is 0 Å². The number of aliphatic hydroxyl groups is 1. The average Bonchev–Trinajstić information content (AvgIpc) is 2.17. The van der Waals surface area contributed by atoms with Crippen LogP contribution >= 0.6 is 0 Å². The molecule has 5 heteroatoms. The quantitative estimate of drug-likeness (QED) is 0.662. The Labute approximate surface area is 89.4 Å². The molecule has 0 saturated heterocycles. The third-order valence-corrected chi connectivity index (χ3v) is 1.73. The molecule has 0 bridgehead atoms. The van der Waals surface area contributed by atoms with Gasteiger partial charge in [0, 0.05) is 12.8 Å². The Kier molecular flexibility index (Phi) is 6.70. The van der Waals surface area contributed by atoms with E-state index in [4.69, 9.17) is 14.6 Å². The van der Waals surface area contributed by atoms with Crippen LogP contribution in [-0.2, 0) is 19.1 Å². The molecule has 15 heavy (non-hydrogen) atoms. The van der Waals surface area contributed by atoms with E-state index in [0.29, 0.717) is 12.8 Å². The molecule has 1 N–H and O–H groups in total. The van der Waals surface area contributed by atoms with E-state index in [0.717, 1.165) is 0 Å². The smallest absolute Gasteiger partial charge is 0.334 e. The zero-order valence-corrected chi connectivity index (χ0v) is 9.36. The summed E-state index contributed by atoms with van der Waals surface area (Å²) in [6.07, 6.45) is -0.714. The fourth-order valence-corrected chi connectivity index (χ4v) is 0.796. The molecule has 0 aromatic heterocycles. The molecular weight excluding hydrogens is 200 g/mol. The lowest BCUT2D eigenvalue weighted by Gasteiger charge is -2.14. The summed E-state index contributed by atoms with van der Waals surface area (Å²) in [5.41, 5.74) is 0. The molecule has 0 aromatic carbocycles. The summed E-state index contributed by atoms with van der Waals surface area (Å²) in [5, 5.41) is 8.86. The van der Waals surface area contributed by atoms with Crippen LogP contribution < -0.4 is 0 Å². The van der Waals surface area contributed by atoms with Crippen molar-refractivity contribution in [3.05, 3.63) is 0 Å². The van der Waals surface area contributed by atoms with Gasteiger partial charge in [0.1, 0.15) is 12.2 Å². The normalized spacial score (nSPS) is 14.1. The zero-order chi connectivity index (χ0) is 11.8. The third kappa shape index (κ3) is 6.90. The van der Waals surface area contributed by atoms with Crippen molar-refractivity contribution >= 4 is 11.9 Å². The maximum Gasteiger partial charge on any atom is 0.334 e. The number of ether oxygens (including phenoxy) is 2. The Morgan fingerprint density at radius 3 is 2.40 bits per heavy atom. The summed E-state index contributed by atoms with van der Waals surface area (Å²) < 4.78 is 9.66. The Hall–Kier alpha value is -1.10. The summed E-state index contributed by atoms with van der Waals surface area (Å²) in [5.74, 6) is -0.937. The molecule has 0 fully saturated rings. The number of aliphatic hydroxyl groups excluding tert-OH is 1. The summed E-state index contributed by atoms with van der Waals surface area (Å²) >= 11 is 0. The summed E-state index contributed by atoms with van der Waals surface area (Å²) in [4.78, 5) is 21.7. The second-order valence-corrected chi connectivity index (χ2v) is 3.29. The van der Waals surface area contributed by atoms with E-state index in [-0.39, 0.29) is 18.7 Å². The van der Waals surface area contributed by atoms with E-state index in [1.807, 2.05) is 0 Å². The van der Waals surface area contributed by atoms with Crippen molar-refractivity contribution in [2.45, 2.75) is 45.8 Å². The Balaban J connectivity index is 3.62. The summed E-state index contributed by atoms with van der Waals surface area (Å²) in [6, 6.07) is 0. The largest absolute Gasteiger partial charge is 0.466 e. The van der Waals surface area contributed by atoms with Crippen molar-refractivity contribution in [2.75, 3.05) is 6.61 Å². The highest BCUT2D eigenvalue weighted by atomic mass is 16.6. The Morgan fingerprint density at radius 1 is 1.33 bits per heavy atom. The minimum absolute atomic E-state index is 0.223. The van der Waals surface area contributed by atoms with Crippen molar-refractivity contribution < 1.29 is 24.2 Å². The van der Waals surface area contributed by atoms with Crippen LogP contribution in [0.2, 0.25) is 0 Å². The van der Waals surface area contributed by atoms with Crippen molar-refractivity contribution in [1.29, 1.82) is 0 Å². The molecule has 0 aromatic rings. The Morgan fingerprint density at radius 2 is 1.93 bits per heavy atom. The van der Waals surface area contributed by atoms with Crippen molar-refractivity contribution in [3.63, 3.8) is 0 Å². The first kappa shape index (κ1) is 13.9.